The Bertz CT molecular complexity index is 283. The first-order chi connectivity index (χ1) is 9.33. The number of piperidine rings is 1. The number of likely N-dealkylation sites (tertiary alicyclic amines) is 1. The van der Waals surface area contributed by atoms with Crippen molar-refractivity contribution in [3.05, 3.63) is 0 Å². The molecular formula is C15H29N3S. The van der Waals surface area contributed by atoms with Gasteiger partial charge in [-0.25, -0.2) is 0 Å². The molecule has 19 heavy (non-hydrogen) atoms. The molecule has 0 amide bonds. The fourth-order valence-corrected chi connectivity index (χ4v) is 4.40. The summed E-state index contributed by atoms with van der Waals surface area (Å²) in [4.78, 5) is 7.24. The van der Waals surface area contributed by atoms with E-state index in [2.05, 4.69) is 29.1 Å². The molecule has 1 unspecified atom stereocenters. The van der Waals surface area contributed by atoms with Crippen molar-refractivity contribution < 1.29 is 0 Å². The van der Waals surface area contributed by atoms with Crippen molar-refractivity contribution >= 4 is 16.9 Å². The molecule has 0 saturated carbocycles. The van der Waals surface area contributed by atoms with Crippen LogP contribution in [0.2, 0.25) is 0 Å². The molecule has 0 aromatic carbocycles. The third kappa shape index (κ3) is 4.67. The summed E-state index contributed by atoms with van der Waals surface area (Å²) in [6.45, 7) is 10.4. The minimum atomic E-state index is 0.715. The number of nitrogens with zero attached hydrogens (tertiary/aromatic N) is 2. The fourth-order valence-electron chi connectivity index (χ4n) is 3.05. The smallest absolute Gasteiger partial charge is 0.156 e. The lowest BCUT2D eigenvalue weighted by atomic mass is 9.99. The Morgan fingerprint density at radius 1 is 1.26 bits per heavy atom. The van der Waals surface area contributed by atoms with Gasteiger partial charge in [0.25, 0.3) is 0 Å². The highest BCUT2D eigenvalue weighted by atomic mass is 32.2. The summed E-state index contributed by atoms with van der Waals surface area (Å²) in [5.41, 5.74) is 0. The highest BCUT2D eigenvalue weighted by molar-refractivity contribution is 8.14. The van der Waals surface area contributed by atoms with Gasteiger partial charge in [-0.2, -0.15) is 0 Å². The molecule has 0 bridgehead atoms. The van der Waals surface area contributed by atoms with Crippen LogP contribution >= 0.6 is 11.8 Å². The monoisotopic (exact) mass is 283 g/mol. The first kappa shape index (κ1) is 15.2. The maximum atomic E-state index is 4.67. The lowest BCUT2D eigenvalue weighted by Crippen LogP contribution is -2.36. The molecule has 0 aliphatic carbocycles. The van der Waals surface area contributed by atoms with Crippen LogP contribution in [0.15, 0.2) is 4.99 Å². The van der Waals surface area contributed by atoms with Crippen LogP contribution in [0.4, 0.5) is 0 Å². The molecule has 110 valence electrons. The molecule has 0 aromatic heterocycles. The van der Waals surface area contributed by atoms with E-state index in [1.54, 1.807) is 0 Å². The first-order valence-electron chi connectivity index (χ1n) is 8.00. The highest BCUT2D eigenvalue weighted by Gasteiger charge is 2.25. The number of aliphatic imine (C=N–C) groups is 1. The molecule has 2 rings (SSSR count). The molecule has 1 saturated heterocycles. The third-order valence-electron chi connectivity index (χ3n) is 4.41. The average molecular weight is 283 g/mol. The summed E-state index contributed by atoms with van der Waals surface area (Å²) in [5.74, 6) is 0.829. The van der Waals surface area contributed by atoms with Gasteiger partial charge in [-0.3, -0.25) is 4.99 Å². The van der Waals surface area contributed by atoms with Crippen molar-refractivity contribution in [1.82, 2.24) is 10.2 Å². The predicted octanol–water partition coefficient (Wildman–Crippen LogP) is 2.97. The van der Waals surface area contributed by atoms with Crippen LogP contribution in [0.5, 0.6) is 0 Å². The van der Waals surface area contributed by atoms with Gasteiger partial charge in [0.05, 0.1) is 6.54 Å². The zero-order valence-corrected chi connectivity index (χ0v) is 13.3. The summed E-state index contributed by atoms with van der Waals surface area (Å²) in [5, 5.41) is 5.44. The lowest BCUT2D eigenvalue weighted by Gasteiger charge is -2.26. The highest BCUT2D eigenvalue weighted by Crippen LogP contribution is 2.30. The molecule has 0 radical (unpaired) electrons. The Kier molecular flexibility index (Phi) is 6.51. The van der Waals surface area contributed by atoms with Crippen molar-refractivity contribution in [2.24, 2.45) is 10.9 Å². The zero-order chi connectivity index (χ0) is 13.5. The quantitative estimate of drug-likeness (QED) is 0.812. The van der Waals surface area contributed by atoms with Gasteiger partial charge >= 0.3 is 0 Å². The van der Waals surface area contributed by atoms with Crippen LogP contribution in [0, 0.1) is 5.92 Å². The topological polar surface area (TPSA) is 27.6 Å². The Morgan fingerprint density at radius 3 is 2.68 bits per heavy atom. The molecule has 2 aliphatic rings. The maximum absolute atomic E-state index is 4.67. The van der Waals surface area contributed by atoms with Gasteiger partial charge in [0.15, 0.2) is 5.17 Å². The van der Waals surface area contributed by atoms with Crippen molar-refractivity contribution in [3.63, 3.8) is 0 Å². The molecule has 4 heteroatoms. The molecule has 3 nitrogen and oxygen atoms in total. The summed E-state index contributed by atoms with van der Waals surface area (Å²) in [7, 11) is 0. The number of thioether (sulfide) groups is 1. The molecule has 0 aromatic rings. The van der Waals surface area contributed by atoms with E-state index in [4.69, 9.17) is 0 Å². The fraction of sp³-hybridized carbons (Fsp3) is 0.933. The second-order valence-electron chi connectivity index (χ2n) is 5.71. The molecule has 1 N–H and O–H groups in total. The predicted molar refractivity (Wildman–Crippen MR) is 86.0 cm³/mol. The maximum Gasteiger partial charge on any atom is 0.156 e. The van der Waals surface area contributed by atoms with Crippen LogP contribution in [0.3, 0.4) is 0 Å². The van der Waals surface area contributed by atoms with Crippen LogP contribution in [-0.4, -0.2) is 48.0 Å². The van der Waals surface area contributed by atoms with E-state index in [1.807, 2.05) is 11.8 Å². The van der Waals surface area contributed by atoms with Crippen LogP contribution in [0.25, 0.3) is 0 Å². The summed E-state index contributed by atoms with van der Waals surface area (Å²) >= 11 is 1.97. The van der Waals surface area contributed by atoms with Crippen molar-refractivity contribution in [2.45, 2.75) is 51.2 Å². The van der Waals surface area contributed by atoms with Gasteiger partial charge in [-0.1, -0.05) is 44.9 Å². The largest absolute Gasteiger partial charge is 0.364 e. The van der Waals surface area contributed by atoms with E-state index < -0.39 is 0 Å². The Hall–Kier alpha value is -0.220. The number of nitrogens with one attached hydrogen (secondary N) is 1. The van der Waals surface area contributed by atoms with E-state index in [0.29, 0.717) is 5.25 Å². The van der Waals surface area contributed by atoms with E-state index in [-0.39, 0.29) is 0 Å². The second-order valence-corrected chi connectivity index (χ2v) is 6.94. The minimum absolute atomic E-state index is 0.715. The van der Waals surface area contributed by atoms with E-state index >= 15 is 0 Å². The molecule has 2 heterocycles. The number of hydrogen-bond donors (Lipinski definition) is 1. The van der Waals surface area contributed by atoms with Gasteiger partial charge in [0.1, 0.15) is 0 Å². The van der Waals surface area contributed by atoms with E-state index in [1.165, 1.54) is 56.9 Å². The second kappa shape index (κ2) is 8.15. The van der Waals surface area contributed by atoms with Crippen LogP contribution < -0.4 is 5.32 Å². The van der Waals surface area contributed by atoms with E-state index in [9.17, 15) is 0 Å². The van der Waals surface area contributed by atoms with Crippen molar-refractivity contribution in [3.8, 4) is 0 Å². The molecular weight excluding hydrogens is 254 g/mol. The summed E-state index contributed by atoms with van der Waals surface area (Å²) in [6.07, 6.45) is 6.75. The number of amidine groups is 1. The zero-order valence-electron chi connectivity index (χ0n) is 12.5. The van der Waals surface area contributed by atoms with Gasteiger partial charge in [0, 0.05) is 18.3 Å². The number of hydrogen-bond acceptors (Lipinski definition) is 4. The summed E-state index contributed by atoms with van der Waals surface area (Å²) < 4.78 is 0. The van der Waals surface area contributed by atoms with Gasteiger partial charge in [-0.05, 0) is 31.8 Å². The summed E-state index contributed by atoms with van der Waals surface area (Å²) in [6, 6.07) is 0. The average Bonchev–Trinajstić information content (AvgIpc) is 2.90. The molecule has 0 spiro atoms. The molecule has 1 atom stereocenters. The van der Waals surface area contributed by atoms with Gasteiger partial charge in [-0.15, -0.1) is 0 Å². The van der Waals surface area contributed by atoms with Crippen molar-refractivity contribution in [2.75, 3.05) is 32.7 Å². The lowest BCUT2D eigenvalue weighted by molar-refractivity contribution is 0.232. The SMILES string of the molecule is CCC(CC)C1CN=C(NCCN2CCCCC2)S1. The molecule has 1 fully saturated rings. The Balaban J connectivity index is 1.62. The van der Waals surface area contributed by atoms with Crippen LogP contribution in [0.1, 0.15) is 46.0 Å². The minimum Gasteiger partial charge on any atom is -0.364 e. The Morgan fingerprint density at radius 2 is 2.00 bits per heavy atom. The standard InChI is InChI=1S/C15H29N3S/c1-3-13(4-2)14-12-17-15(19-14)16-8-11-18-9-6-5-7-10-18/h13-14H,3-12H2,1-2H3,(H,16,17). The normalized spacial score (nSPS) is 24.8. The van der Waals surface area contributed by atoms with Gasteiger partial charge in [0.2, 0.25) is 0 Å². The van der Waals surface area contributed by atoms with E-state index in [0.717, 1.165) is 19.0 Å². The van der Waals surface area contributed by atoms with Crippen molar-refractivity contribution in [1.29, 1.82) is 0 Å². The first-order valence-corrected chi connectivity index (χ1v) is 8.88. The van der Waals surface area contributed by atoms with Crippen LogP contribution in [-0.2, 0) is 0 Å². The number of rotatable bonds is 6. The molecule has 2 aliphatic heterocycles. The Labute approximate surface area is 122 Å². The van der Waals surface area contributed by atoms with Gasteiger partial charge < -0.3 is 10.2 Å². The third-order valence-corrected chi connectivity index (χ3v) is 5.74.